The van der Waals surface area contributed by atoms with E-state index in [2.05, 4.69) is 0 Å². The van der Waals surface area contributed by atoms with Crippen molar-refractivity contribution in [3.05, 3.63) is 0 Å². The fourth-order valence-corrected chi connectivity index (χ4v) is 0. The second kappa shape index (κ2) is 19.2. The van der Waals surface area contributed by atoms with E-state index >= 15 is 0 Å². The first-order chi connectivity index (χ1) is 8.00. The van der Waals surface area contributed by atoms with Gasteiger partial charge >= 0.3 is 0 Å². The largest absolute Gasteiger partial charge is 0.822 e. The van der Waals surface area contributed by atoms with Crippen LogP contribution < -0.4 is 58.7 Å². The summed E-state index contributed by atoms with van der Waals surface area (Å²) in [5.74, 6) is 0. The minimum atomic E-state index is -5.39. The number of hydrogen-bond acceptors (Lipinski definition) is 16. The van der Waals surface area contributed by atoms with Gasteiger partial charge in [-0.2, -0.15) is 31.3 Å². The second-order valence-electron chi connectivity index (χ2n) is 1.79. The van der Waals surface area contributed by atoms with Gasteiger partial charge in [-0.25, -0.2) is 0 Å². The van der Waals surface area contributed by atoms with Crippen LogP contribution in [0, 0.1) is 0 Å². The summed E-state index contributed by atoms with van der Waals surface area (Å²) in [7, 11) is -21.6. The summed E-state index contributed by atoms with van der Waals surface area (Å²) >= 11 is 0. The van der Waals surface area contributed by atoms with Crippen LogP contribution in [-0.2, 0) is 79.5 Å². The Morgan fingerprint density at radius 1 is 0.304 bits per heavy atom. The molecule has 0 spiro atoms. The zero-order chi connectivity index (χ0) is 18.0. The van der Waals surface area contributed by atoms with Crippen LogP contribution in [0.5, 0.6) is 0 Å². The first-order valence-corrected chi connectivity index (χ1v) is 8.76. The number of rotatable bonds is 0. The van der Waals surface area contributed by atoms with E-state index in [0.717, 1.165) is 0 Å². The molecule has 0 amide bonds. The Bertz CT molecular complexity index is 292. The molecule has 0 aliphatic heterocycles. The molecule has 0 saturated carbocycles. The molecule has 0 unspecified atom stereocenters. The van der Waals surface area contributed by atoms with Gasteiger partial charge in [0.05, 0.1) is 0 Å². The fraction of sp³-hybridized carbons (Fsp3) is 0. The molecule has 23 heteroatoms. The molecule has 16 nitrogen and oxygen atoms in total. The van der Waals surface area contributed by atoms with Crippen molar-refractivity contribution in [2.24, 2.45) is 0 Å². The van der Waals surface area contributed by atoms with Gasteiger partial charge in [-0.15, -0.1) is 0 Å². The molecule has 0 aliphatic rings. The molecular weight excluding hydrogens is 699 g/mol. The van der Waals surface area contributed by atoms with Gasteiger partial charge in [0, 0.05) is 61.3 Å². The van der Waals surface area contributed by atoms with Gasteiger partial charge < -0.3 is 77.0 Å². The average Bonchev–Trinajstić information content (AvgIpc) is 1.62. The molecule has 0 atom stereocenters. The number of phosphoric acid groups is 4. The Balaban J connectivity index is -0.0000000284. The van der Waals surface area contributed by atoms with Crippen LogP contribution in [0.1, 0.15) is 0 Å². The van der Waals surface area contributed by atoms with Crippen molar-refractivity contribution in [3.63, 3.8) is 0 Å². The third-order valence-electron chi connectivity index (χ3n) is 0. The first-order valence-electron chi connectivity index (χ1n) is 2.92. The van der Waals surface area contributed by atoms with Crippen LogP contribution in [0.2, 0.25) is 0 Å². The van der Waals surface area contributed by atoms with Gasteiger partial charge in [0.25, 0.3) is 0 Å². The van der Waals surface area contributed by atoms with Crippen LogP contribution in [0.25, 0.3) is 0 Å². The molecular formula is O16P4Pd3-12. The average molecular weight is 699 g/mol. The van der Waals surface area contributed by atoms with Crippen molar-refractivity contribution < 1.29 is 138 Å². The van der Waals surface area contributed by atoms with Crippen molar-refractivity contribution in [3.8, 4) is 0 Å². The van der Waals surface area contributed by atoms with Gasteiger partial charge in [0.1, 0.15) is 0 Å². The molecule has 0 aliphatic carbocycles. The first kappa shape index (κ1) is 44.7. The van der Waals surface area contributed by atoms with Gasteiger partial charge in [-0.05, 0) is 0 Å². The van der Waals surface area contributed by atoms with Crippen LogP contribution in [0.4, 0.5) is 0 Å². The maximum atomic E-state index is 8.55. The van der Waals surface area contributed by atoms with Crippen molar-refractivity contribution in [2.45, 2.75) is 0 Å². The van der Waals surface area contributed by atoms with Gasteiger partial charge in [0.15, 0.2) is 0 Å². The van der Waals surface area contributed by atoms with Crippen molar-refractivity contribution in [1.29, 1.82) is 0 Å². The predicted octanol–water partition coefficient (Wildman–Crippen LogP) is -11.3. The van der Waals surface area contributed by atoms with E-state index in [4.69, 9.17) is 77.0 Å². The molecule has 0 aromatic rings. The summed E-state index contributed by atoms with van der Waals surface area (Å²) in [5.41, 5.74) is 0. The molecule has 0 fully saturated rings. The topological polar surface area (TPSA) is 345 Å². The molecule has 158 valence electrons. The molecule has 0 saturated heterocycles. The smallest absolute Gasteiger partial charge is 0 e. The summed E-state index contributed by atoms with van der Waals surface area (Å²) in [5, 5.41) is 0. The van der Waals surface area contributed by atoms with E-state index in [0.29, 0.717) is 0 Å². The molecule has 0 N–H and O–H groups in total. The summed E-state index contributed by atoms with van der Waals surface area (Å²) in [6.07, 6.45) is 0. The van der Waals surface area contributed by atoms with E-state index in [9.17, 15) is 0 Å². The van der Waals surface area contributed by atoms with Crippen molar-refractivity contribution in [1.82, 2.24) is 0 Å². The summed E-state index contributed by atoms with van der Waals surface area (Å²) < 4.78 is 34.2. The van der Waals surface area contributed by atoms with Gasteiger partial charge in [-0.3, -0.25) is 0 Å². The Hall–Kier alpha value is 2.43. The fourth-order valence-electron chi connectivity index (χ4n) is 0. The zero-order valence-electron chi connectivity index (χ0n) is 9.27. The summed E-state index contributed by atoms with van der Waals surface area (Å²) in [6.45, 7) is 0. The predicted molar refractivity (Wildman–Crippen MR) is 30.4 cm³/mol. The Morgan fingerprint density at radius 3 is 0.304 bits per heavy atom. The monoisotopic (exact) mass is 698 g/mol. The van der Waals surface area contributed by atoms with Crippen LogP contribution in [-0.4, -0.2) is 0 Å². The van der Waals surface area contributed by atoms with Gasteiger partial charge in [-0.1, -0.05) is 0 Å². The van der Waals surface area contributed by atoms with Crippen LogP contribution >= 0.6 is 31.3 Å². The van der Waals surface area contributed by atoms with E-state index < -0.39 is 31.3 Å². The molecule has 0 radical (unpaired) electrons. The molecule has 0 aromatic heterocycles. The zero-order valence-corrected chi connectivity index (χ0v) is 17.5. The van der Waals surface area contributed by atoms with Crippen LogP contribution in [0.15, 0.2) is 0 Å². The van der Waals surface area contributed by atoms with Crippen molar-refractivity contribution >= 4 is 31.3 Å². The van der Waals surface area contributed by atoms with Crippen LogP contribution in [0.3, 0.4) is 0 Å². The minimum absolute atomic E-state index is 0. The normalized spacial score (nSPS) is 10.3. The Labute approximate surface area is 168 Å². The Kier molecular flexibility index (Phi) is 37.3. The SMILES string of the molecule is O=P([O-])([O-])[O-].O=P([O-])([O-])[O-].O=P([O-])([O-])[O-].O=P([O-])([O-])[O-].[Pd].[Pd].[Pd]. The van der Waals surface area contributed by atoms with Gasteiger partial charge in [0.2, 0.25) is 0 Å². The minimum Gasteiger partial charge on any atom is -0.822 e. The standard InChI is InChI=1S/4H3O4P.3Pd/c4*1-5(2,3)4;;;/h4*(H3,1,2,3,4);;;/p-12. The summed E-state index contributed by atoms with van der Waals surface area (Å²) in [4.78, 5) is 103. The molecule has 0 bridgehead atoms. The second-order valence-corrected chi connectivity index (χ2v) is 5.37. The molecule has 0 aromatic carbocycles. The van der Waals surface area contributed by atoms with E-state index in [1.54, 1.807) is 0 Å². The molecule has 23 heavy (non-hydrogen) atoms. The van der Waals surface area contributed by atoms with E-state index in [-0.39, 0.29) is 61.3 Å². The molecule has 0 heterocycles. The van der Waals surface area contributed by atoms with E-state index in [1.165, 1.54) is 0 Å². The number of hydrogen-bond donors (Lipinski definition) is 0. The Morgan fingerprint density at radius 2 is 0.304 bits per heavy atom. The summed E-state index contributed by atoms with van der Waals surface area (Å²) in [6, 6.07) is 0. The van der Waals surface area contributed by atoms with Crippen molar-refractivity contribution in [2.75, 3.05) is 0 Å². The third-order valence-corrected chi connectivity index (χ3v) is 0. The third kappa shape index (κ3) is 2090. The maximum absolute atomic E-state index is 8.55. The van der Waals surface area contributed by atoms with E-state index in [1.807, 2.05) is 0 Å². The maximum Gasteiger partial charge on any atom is 0 e. The molecule has 0 rings (SSSR count). The quantitative estimate of drug-likeness (QED) is 0.167.